The normalized spacial score (nSPS) is 22.1. The molecule has 8 N–H and O–H groups in total. The minimum atomic E-state index is -3.46. The highest BCUT2D eigenvalue weighted by Crippen LogP contribution is 2.11. The zero-order chi connectivity index (χ0) is 23.3. The van der Waals surface area contributed by atoms with Crippen LogP contribution in [0, 0.1) is 0 Å². The minimum Gasteiger partial charge on any atom is -0.394 e. The second kappa shape index (κ2) is 10.1. The van der Waals surface area contributed by atoms with Crippen molar-refractivity contribution in [1.82, 2.24) is 21.3 Å². The lowest BCUT2D eigenvalue weighted by Gasteiger charge is -2.33. The quantitative estimate of drug-likeness (QED) is 0.179. The van der Waals surface area contributed by atoms with Gasteiger partial charge in [-0.15, -0.1) is 0 Å². The highest BCUT2D eigenvalue weighted by atomic mass is 32.2. The van der Waals surface area contributed by atoms with Crippen LogP contribution in [-0.2, 0) is 14.6 Å². The van der Waals surface area contributed by atoms with Gasteiger partial charge in [0.15, 0.2) is 9.84 Å². The van der Waals surface area contributed by atoms with E-state index in [0.29, 0.717) is 0 Å². The number of hydrogen-bond acceptors (Lipinski definition) is 10. The van der Waals surface area contributed by atoms with E-state index < -0.39 is 71.4 Å². The molecule has 31 heavy (non-hydrogen) atoms. The Balaban J connectivity index is 2.09. The average Bonchev–Trinajstić information content (AvgIpc) is 2.72. The maximum absolute atomic E-state index is 12.5. The molecule has 1 fully saturated rings. The molecule has 172 valence electrons. The van der Waals surface area contributed by atoms with Gasteiger partial charge in [0, 0.05) is 18.4 Å². The first-order chi connectivity index (χ1) is 14.4. The van der Waals surface area contributed by atoms with Crippen LogP contribution in [0.15, 0.2) is 29.2 Å². The molecular formula is C17H24N4O9S. The fraction of sp³-hybridized carbons (Fsp3) is 0.471. The van der Waals surface area contributed by atoms with Crippen LogP contribution in [0.2, 0.25) is 0 Å². The lowest BCUT2D eigenvalue weighted by Crippen LogP contribution is -2.71. The van der Waals surface area contributed by atoms with Crippen LogP contribution in [0.3, 0.4) is 0 Å². The lowest BCUT2D eigenvalue weighted by atomic mass is 10.1. The lowest BCUT2D eigenvalue weighted by molar-refractivity contribution is -0.123. The van der Waals surface area contributed by atoms with Gasteiger partial charge in [-0.05, 0) is 24.3 Å². The van der Waals surface area contributed by atoms with E-state index in [0.717, 1.165) is 6.26 Å². The first-order valence-electron chi connectivity index (χ1n) is 9.05. The molecule has 0 bridgehead atoms. The SMILES string of the molecule is CS(=O)(=O)c1ccc(C(=O)NC2C(=O)NC(=O)NC2NC[C@H](O)[C@H](O)[C@H](O)CO)cc1. The zero-order valence-electron chi connectivity index (χ0n) is 16.3. The molecule has 0 saturated carbocycles. The molecule has 0 aromatic heterocycles. The van der Waals surface area contributed by atoms with Gasteiger partial charge in [0.25, 0.3) is 11.8 Å². The smallest absolute Gasteiger partial charge is 0.322 e. The Labute approximate surface area is 177 Å². The van der Waals surface area contributed by atoms with Gasteiger partial charge in [-0.3, -0.25) is 20.2 Å². The summed E-state index contributed by atoms with van der Waals surface area (Å²) in [5.74, 6) is -1.59. The molecule has 14 heteroatoms. The predicted octanol–water partition coefficient (Wildman–Crippen LogP) is -3.98. The largest absolute Gasteiger partial charge is 0.394 e. The molecular weight excluding hydrogens is 436 g/mol. The fourth-order valence-electron chi connectivity index (χ4n) is 2.73. The van der Waals surface area contributed by atoms with Gasteiger partial charge < -0.3 is 31.1 Å². The Hall–Kier alpha value is -2.62. The van der Waals surface area contributed by atoms with E-state index in [9.17, 15) is 38.1 Å². The number of aliphatic hydroxyl groups is 4. The number of hydrogen-bond donors (Lipinski definition) is 8. The van der Waals surface area contributed by atoms with Gasteiger partial charge in [-0.25, -0.2) is 13.2 Å². The van der Waals surface area contributed by atoms with Gasteiger partial charge >= 0.3 is 6.03 Å². The van der Waals surface area contributed by atoms with Crippen molar-refractivity contribution in [2.75, 3.05) is 19.4 Å². The molecule has 0 radical (unpaired) electrons. The van der Waals surface area contributed by atoms with Gasteiger partial charge in [-0.2, -0.15) is 0 Å². The Morgan fingerprint density at radius 2 is 1.74 bits per heavy atom. The maximum atomic E-state index is 12.5. The van der Waals surface area contributed by atoms with E-state index in [1.54, 1.807) is 0 Å². The van der Waals surface area contributed by atoms with Crippen LogP contribution in [0.1, 0.15) is 10.4 Å². The topological polar surface area (TPSA) is 214 Å². The molecule has 1 aliphatic rings. The van der Waals surface area contributed by atoms with Crippen molar-refractivity contribution >= 4 is 27.7 Å². The van der Waals surface area contributed by atoms with E-state index >= 15 is 0 Å². The molecule has 13 nitrogen and oxygen atoms in total. The molecule has 2 unspecified atom stereocenters. The first kappa shape index (κ1) is 24.6. The van der Waals surface area contributed by atoms with Gasteiger partial charge in [0.1, 0.15) is 24.4 Å². The van der Waals surface area contributed by atoms with Crippen molar-refractivity contribution in [3.8, 4) is 0 Å². The highest BCUT2D eigenvalue weighted by Gasteiger charge is 2.37. The Bertz CT molecular complexity index is 922. The number of sulfone groups is 1. The molecule has 1 saturated heterocycles. The summed E-state index contributed by atoms with van der Waals surface area (Å²) in [7, 11) is -3.46. The van der Waals surface area contributed by atoms with Crippen molar-refractivity contribution in [2.45, 2.75) is 35.4 Å². The Morgan fingerprint density at radius 1 is 1.13 bits per heavy atom. The van der Waals surface area contributed by atoms with Crippen molar-refractivity contribution in [3.63, 3.8) is 0 Å². The zero-order valence-corrected chi connectivity index (χ0v) is 17.2. The van der Waals surface area contributed by atoms with Crippen LogP contribution < -0.4 is 21.3 Å². The van der Waals surface area contributed by atoms with E-state index in [2.05, 4.69) is 16.0 Å². The molecule has 1 aromatic carbocycles. The second-order valence-electron chi connectivity index (χ2n) is 6.90. The van der Waals surface area contributed by atoms with Crippen molar-refractivity contribution in [2.24, 2.45) is 0 Å². The molecule has 0 spiro atoms. The van der Waals surface area contributed by atoms with E-state index in [1.165, 1.54) is 24.3 Å². The second-order valence-corrected chi connectivity index (χ2v) is 8.92. The summed E-state index contributed by atoms with van der Waals surface area (Å²) in [4.78, 5) is 36.3. The fourth-order valence-corrected chi connectivity index (χ4v) is 3.36. The van der Waals surface area contributed by atoms with Crippen LogP contribution in [-0.4, -0.2) is 96.6 Å². The van der Waals surface area contributed by atoms with Gasteiger partial charge in [0.05, 0.1) is 17.6 Å². The van der Waals surface area contributed by atoms with Crippen LogP contribution in [0.5, 0.6) is 0 Å². The number of carbonyl (C=O) groups is 3. The van der Waals surface area contributed by atoms with E-state index in [1.807, 2.05) is 5.32 Å². The molecule has 1 heterocycles. The highest BCUT2D eigenvalue weighted by molar-refractivity contribution is 7.90. The van der Waals surface area contributed by atoms with Crippen LogP contribution >= 0.6 is 0 Å². The number of amides is 4. The van der Waals surface area contributed by atoms with Crippen molar-refractivity contribution in [1.29, 1.82) is 0 Å². The minimum absolute atomic E-state index is 0.00359. The summed E-state index contributed by atoms with van der Waals surface area (Å²) in [6.45, 7) is -1.20. The third-order valence-corrected chi connectivity index (χ3v) is 5.62. The average molecular weight is 460 g/mol. The van der Waals surface area contributed by atoms with Crippen molar-refractivity contribution in [3.05, 3.63) is 29.8 Å². The summed E-state index contributed by atoms with van der Waals surface area (Å²) < 4.78 is 23.0. The monoisotopic (exact) mass is 460 g/mol. The molecule has 5 atom stereocenters. The number of benzene rings is 1. The first-order valence-corrected chi connectivity index (χ1v) is 10.9. The van der Waals surface area contributed by atoms with Gasteiger partial charge in [0.2, 0.25) is 0 Å². The molecule has 4 amide bonds. The number of rotatable bonds is 9. The summed E-state index contributed by atoms with van der Waals surface area (Å²) >= 11 is 0. The summed E-state index contributed by atoms with van der Waals surface area (Å²) in [6.07, 6.45) is -5.05. The van der Waals surface area contributed by atoms with Crippen LogP contribution in [0.25, 0.3) is 0 Å². The number of aliphatic hydroxyl groups excluding tert-OH is 4. The van der Waals surface area contributed by atoms with E-state index in [4.69, 9.17) is 5.11 Å². The van der Waals surface area contributed by atoms with Gasteiger partial charge in [-0.1, -0.05) is 0 Å². The molecule has 2 rings (SSSR count). The number of carbonyl (C=O) groups excluding carboxylic acids is 3. The maximum Gasteiger partial charge on any atom is 0.322 e. The Morgan fingerprint density at radius 3 is 2.29 bits per heavy atom. The summed E-state index contributed by atoms with van der Waals surface area (Å²) in [5.41, 5.74) is 0.0531. The predicted molar refractivity (Wildman–Crippen MR) is 104 cm³/mol. The molecule has 0 aliphatic carbocycles. The summed E-state index contributed by atoms with van der Waals surface area (Å²) in [6, 6.07) is 2.77. The molecule has 1 aromatic rings. The number of imide groups is 1. The number of nitrogens with one attached hydrogen (secondary N) is 4. The van der Waals surface area contributed by atoms with E-state index in [-0.39, 0.29) is 10.5 Å². The standard InChI is InChI=1S/C17H24N4O9S/c1-31(29,30)9-4-2-8(3-5-9)15(26)19-12-14(20-17(28)21-16(12)27)18-6-10(23)13(25)11(24)7-22/h2-5,10-14,18,22-25H,6-7H2,1H3,(H,19,26)(H2,20,21,27,28)/t10-,11+,12?,13-,14?/m0/s1. The molecule has 1 aliphatic heterocycles. The summed E-state index contributed by atoms with van der Waals surface area (Å²) in [5, 5.41) is 47.0. The van der Waals surface area contributed by atoms with Crippen molar-refractivity contribution < 1.29 is 43.2 Å². The number of urea groups is 1. The third-order valence-electron chi connectivity index (χ3n) is 4.49. The van der Waals surface area contributed by atoms with Crippen LogP contribution in [0.4, 0.5) is 4.79 Å². The Kier molecular flexibility index (Phi) is 8.05. The third kappa shape index (κ3) is 6.43.